The molecule has 0 aromatic heterocycles. The van der Waals surface area contributed by atoms with Gasteiger partial charge in [0.25, 0.3) is 0 Å². The highest BCUT2D eigenvalue weighted by molar-refractivity contribution is 9.10. The summed E-state index contributed by atoms with van der Waals surface area (Å²) in [6, 6.07) is 7.53. The maximum Gasteiger partial charge on any atom is 0.322 e. The molecule has 1 aliphatic heterocycles. The van der Waals surface area contributed by atoms with E-state index in [2.05, 4.69) is 20.8 Å². The van der Waals surface area contributed by atoms with Gasteiger partial charge in [-0.3, -0.25) is 9.69 Å². The van der Waals surface area contributed by atoms with Gasteiger partial charge in [0.15, 0.2) is 0 Å². The van der Waals surface area contributed by atoms with Crippen molar-refractivity contribution in [2.45, 2.75) is 6.04 Å². The first-order chi connectivity index (χ1) is 8.08. The van der Waals surface area contributed by atoms with E-state index in [0.717, 1.165) is 23.2 Å². The van der Waals surface area contributed by atoms with E-state index in [9.17, 15) is 4.79 Å². The summed E-state index contributed by atoms with van der Waals surface area (Å²) in [5, 5.41) is 9.15. The van der Waals surface area contributed by atoms with E-state index < -0.39 is 12.0 Å². The van der Waals surface area contributed by atoms with Gasteiger partial charge in [0.1, 0.15) is 6.04 Å². The molecule has 1 aromatic carbocycles. The lowest BCUT2D eigenvalue weighted by molar-refractivity contribution is -0.142. The van der Waals surface area contributed by atoms with Crippen LogP contribution in [0.25, 0.3) is 0 Å². The molecule has 1 aliphatic rings. The molecule has 0 bridgehead atoms. The molecule has 0 amide bonds. The number of carboxylic acids is 1. The highest BCUT2D eigenvalue weighted by Gasteiger charge is 2.29. The first-order valence-corrected chi connectivity index (χ1v) is 6.31. The molecular formula is C12H15BrN2O2. The number of benzene rings is 1. The van der Waals surface area contributed by atoms with Crippen LogP contribution in [0.15, 0.2) is 28.7 Å². The smallest absolute Gasteiger partial charge is 0.322 e. The number of halogens is 1. The third-order valence-corrected chi connectivity index (χ3v) is 3.60. The lowest BCUT2D eigenvalue weighted by Gasteiger charge is -2.38. The average molecular weight is 299 g/mol. The Morgan fingerprint density at radius 2 is 2.24 bits per heavy atom. The number of hydrogen-bond donors (Lipinski definition) is 1. The van der Waals surface area contributed by atoms with Gasteiger partial charge in [0, 0.05) is 29.8 Å². The molecule has 1 N–H and O–H groups in total. The Balaban J connectivity index is 2.16. The molecule has 0 radical (unpaired) electrons. The first-order valence-electron chi connectivity index (χ1n) is 5.51. The minimum atomic E-state index is -0.757. The van der Waals surface area contributed by atoms with Crippen LogP contribution in [0.4, 0.5) is 5.69 Å². The number of likely N-dealkylation sites (N-methyl/N-ethyl adjacent to an activating group) is 1. The summed E-state index contributed by atoms with van der Waals surface area (Å²) in [4.78, 5) is 15.1. The Morgan fingerprint density at radius 1 is 1.47 bits per heavy atom. The van der Waals surface area contributed by atoms with Crippen LogP contribution in [-0.2, 0) is 4.79 Å². The number of aliphatic carboxylic acids is 1. The zero-order chi connectivity index (χ0) is 12.4. The Labute approximate surface area is 109 Å². The van der Waals surface area contributed by atoms with Gasteiger partial charge in [-0.05, 0) is 25.2 Å². The first kappa shape index (κ1) is 12.4. The summed E-state index contributed by atoms with van der Waals surface area (Å²) in [5.74, 6) is -0.757. The quantitative estimate of drug-likeness (QED) is 0.902. The molecule has 1 saturated heterocycles. The van der Waals surface area contributed by atoms with Gasteiger partial charge < -0.3 is 10.0 Å². The molecule has 17 heavy (non-hydrogen) atoms. The predicted molar refractivity (Wildman–Crippen MR) is 70.4 cm³/mol. The number of hydrogen-bond acceptors (Lipinski definition) is 3. The van der Waals surface area contributed by atoms with E-state index >= 15 is 0 Å². The van der Waals surface area contributed by atoms with Crippen molar-refractivity contribution in [3.63, 3.8) is 0 Å². The van der Waals surface area contributed by atoms with Gasteiger partial charge in [-0.2, -0.15) is 0 Å². The number of piperazine rings is 1. The fraction of sp³-hybridized carbons (Fsp3) is 0.417. The third kappa shape index (κ3) is 2.79. The lowest BCUT2D eigenvalue weighted by Crippen LogP contribution is -2.54. The Morgan fingerprint density at radius 3 is 2.88 bits per heavy atom. The SMILES string of the molecule is CN1CCN(c2cccc(Br)c2)CC1C(=O)O. The molecule has 1 fully saturated rings. The molecule has 0 aliphatic carbocycles. The molecule has 0 spiro atoms. The van der Waals surface area contributed by atoms with E-state index in [1.165, 1.54) is 0 Å². The summed E-state index contributed by atoms with van der Waals surface area (Å²) >= 11 is 3.43. The number of rotatable bonds is 2. The van der Waals surface area contributed by atoms with Gasteiger partial charge >= 0.3 is 5.97 Å². The van der Waals surface area contributed by atoms with Crippen LogP contribution in [0, 0.1) is 0 Å². The monoisotopic (exact) mass is 298 g/mol. The topological polar surface area (TPSA) is 43.8 Å². The van der Waals surface area contributed by atoms with Gasteiger partial charge in [-0.1, -0.05) is 22.0 Å². The molecule has 0 saturated carbocycles. The zero-order valence-electron chi connectivity index (χ0n) is 9.64. The molecule has 92 valence electrons. The summed E-state index contributed by atoms with van der Waals surface area (Å²) in [5.41, 5.74) is 1.07. The summed E-state index contributed by atoms with van der Waals surface area (Å²) in [6.45, 7) is 2.16. The van der Waals surface area contributed by atoms with E-state index in [-0.39, 0.29) is 0 Å². The van der Waals surface area contributed by atoms with Crippen LogP contribution in [0.1, 0.15) is 0 Å². The van der Waals surface area contributed by atoms with Crippen LogP contribution in [0.2, 0.25) is 0 Å². The molecule has 1 heterocycles. The molecule has 2 rings (SSSR count). The van der Waals surface area contributed by atoms with Gasteiger partial charge in [0.05, 0.1) is 0 Å². The number of anilines is 1. The van der Waals surface area contributed by atoms with E-state index in [4.69, 9.17) is 5.11 Å². The third-order valence-electron chi connectivity index (χ3n) is 3.11. The van der Waals surface area contributed by atoms with Crippen molar-refractivity contribution in [1.82, 2.24) is 4.90 Å². The molecular weight excluding hydrogens is 284 g/mol. The molecule has 1 unspecified atom stereocenters. The second kappa shape index (κ2) is 5.06. The minimum Gasteiger partial charge on any atom is -0.480 e. The highest BCUT2D eigenvalue weighted by atomic mass is 79.9. The second-order valence-corrected chi connectivity index (χ2v) is 5.18. The largest absolute Gasteiger partial charge is 0.480 e. The number of carboxylic acid groups (broad SMARTS) is 1. The molecule has 5 heteroatoms. The zero-order valence-corrected chi connectivity index (χ0v) is 11.2. The van der Waals surface area contributed by atoms with E-state index in [0.29, 0.717) is 6.54 Å². The van der Waals surface area contributed by atoms with Gasteiger partial charge in [-0.15, -0.1) is 0 Å². The van der Waals surface area contributed by atoms with Crippen molar-refractivity contribution >= 4 is 27.6 Å². The van der Waals surface area contributed by atoms with Crippen molar-refractivity contribution < 1.29 is 9.90 Å². The Hall–Kier alpha value is -1.07. The Kier molecular flexibility index (Phi) is 3.69. The van der Waals surface area contributed by atoms with Crippen LogP contribution < -0.4 is 4.90 Å². The normalized spacial score (nSPS) is 21.5. The Bertz CT molecular complexity index is 425. The summed E-state index contributed by atoms with van der Waals surface area (Å²) in [6.07, 6.45) is 0. The minimum absolute atomic E-state index is 0.428. The van der Waals surface area contributed by atoms with Crippen molar-refractivity contribution in [3.05, 3.63) is 28.7 Å². The maximum absolute atomic E-state index is 11.1. The number of nitrogens with zero attached hydrogens (tertiary/aromatic N) is 2. The summed E-state index contributed by atoms with van der Waals surface area (Å²) in [7, 11) is 1.86. The van der Waals surface area contributed by atoms with Crippen molar-refractivity contribution in [1.29, 1.82) is 0 Å². The number of carbonyl (C=O) groups is 1. The average Bonchev–Trinajstić information content (AvgIpc) is 2.29. The molecule has 1 aromatic rings. The predicted octanol–water partition coefficient (Wildman–Crippen LogP) is 1.65. The van der Waals surface area contributed by atoms with Crippen molar-refractivity contribution in [2.75, 3.05) is 31.6 Å². The molecule has 4 nitrogen and oxygen atoms in total. The van der Waals surface area contributed by atoms with Crippen molar-refractivity contribution in [3.8, 4) is 0 Å². The maximum atomic E-state index is 11.1. The highest BCUT2D eigenvalue weighted by Crippen LogP contribution is 2.22. The fourth-order valence-electron chi connectivity index (χ4n) is 2.05. The fourth-order valence-corrected chi connectivity index (χ4v) is 2.43. The van der Waals surface area contributed by atoms with Gasteiger partial charge in [-0.25, -0.2) is 0 Å². The second-order valence-electron chi connectivity index (χ2n) is 4.26. The van der Waals surface area contributed by atoms with Crippen LogP contribution in [0.5, 0.6) is 0 Å². The lowest BCUT2D eigenvalue weighted by atomic mass is 10.1. The standard InChI is InChI=1S/C12H15BrN2O2/c1-14-5-6-15(8-11(14)12(16)17)10-4-2-3-9(13)7-10/h2-4,7,11H,5-6,8H2,1H3,(H,16,17). The van der Waals surface area contributed by atoms with E-state index in [1.54, 1.807) is 0 Å². The van der Waals surface area contributed by atoms with Crippen LogP contribution in [0.3, 0.4) is 0 Å². The van der Waals surface area contributed by atoms with Crippen LogP contribution >= 0.6 is 15.9 Å². The van der Waals surface area contributed by atoms with E-state index in [1.807, 2.05) is 36.2 Å². The van der Waals surface area contributed by atoms with Gasteiger partial charge in [0.2, 0.25) is 0 Å². The molecule has 1 atom stereocenters. The van der Waals surface area contributed by atoms with Crippen molar-refractivity contribution in [2.24, 2.45) is 0 Å². The van der Waals surface area contributed by atoms with Crippen LogP contribution in [-0.4, -0.2) is 48.7 Å². The summed E-state index contributed by atoms with van der Waals surface area (Å²) < 4.78 is 1.01.